The summed E-state index contributed by atoms with van der Waals surface area (Å²) in [4.78, 5) is 22.3. The molecule has 0 aliphatic heterocycles. The summed E-state index contributed by atoms with van der Waals surface area (Å²) in [7, 11) is 0. The second-order valence-electron chi connectivity index (χ2n) is 5.96. The van der Waals surface area contributed by atoms with Crippen molar-refractivity contribution in [3.63, 3.8) is 0 Å². The quantitative estimate of drug-likeness (QED) is 0.421. The highest BCUT2D eigenvalue weighted by molar-refractivity contribution is 6.02. The molecule has 2 aromatic carbocycles. The average Bonchev–Trinajstić information content (AvgIpc) is 2.95. The first kappa shape index (κ1) is 18.1. The predicted octanol–water partition coefficient (Wildman–Crippen LogP) is 4.05. The van der Waals surface area contributed by atoms with Crippen LogP contribution in [0.4, 0.5) is 11.4 Å². The van der Waals surface area contributed by atoms with Crippen LogP contribution in [-0.2, 0) is 4.79 Å². The van der Waals surface area contributed by atoms with Crippen molar-refractivity contribution in [2.45, 2.75) is 13.8 Å². The van der Waals surface area contributed by atoms with Crippen LogP contribution in [0.1, 0.15) is 17.0 Å². The summed E-state index contributed by atoms with van der Waals surface area (Å²) in [5, 5.41) is 17.9. The van der Waals surface area contributed by atoms with Gasteiger partial charge in [0.05, 0.1) is 16.3 Å². The second-order valence-corrected chi connectivity index (χ2v) is 5.96. The third-order valence-corrected chi connectivity index (χ3v) is 4.10. The van der Waals surface area contributed by atoms with Gasteiger partial charge in [-0.3, -0.25) is 14.9 Å². The number of nitro groups is 1. The van der Waals surface area contributed by atoms with Crippen molar-refractivity contribution in [1.82, 2.24) is 9.78 Å². The summed E-state index contributed by atoms with van der Waals surface area (Å²) in [5.41, 5.74) is 4.03. The minimum absolute atomic E-state index is 0.0249. The van der Waals surface area contributed by atoms with Crippen LogP contribution in [0.25, 0.3) is 11.8 Å². The molecule has 0 aliphatic rings. The van der Waals surface area contributed by atoms with Crippen LogP contribution in [-0.4, -0.2) is 20.6 Å². The highest BCUT2D eigenvalue weighted by Crippen LogP contribution is 2.19. The summed E-state index contributed by atoms with van der Waals surface area (Å²) in [6.07, 6.45) is 3.14. The van der Waals surface area contributed by atoms with Gasteiger partial charge in [-0.1, -0.05) is 18.2 Å². The number of rotatable bonds is 5. The van der Waals surface area contributed by atoms with Gasteiger partial charge in [0, 0.05) is 35.2 Å². The summed E-state index contributed by atoms with van der Waals surface area (Å²) in [6.45, 7) is 3.83. The Balaban J connectivity index is 1.75. The van der Waals surface area contributed by atoms with Gasteiger partial charge in [-0.05, 0) is 44.2 Å². The summed E-state index contributed by atoms with van der Waals surface area (Å²) in [5.74, 6) is -0.324. The van der Waals surface area contributed by atoms with Gasteiger partial charge >= 0.3 is 0 Å². The predicted molar refractivity (Wildman–Crippen MR) is 104 cm³/mol. The van der Waals surface area contributed by atoms with Crippen LogP contribution >= 0.6 is 0 Å². The molecule has 1 heterocycles. The van der Waals surface area contributed by atoms with Gasteiger partial charge in [0.1, 0.15) is 0 Å². The van der Waals surface area contributed by atoms with Gasteiger partial charge in [0.2, 0.25) is 5.91 Å². The first-order valence-electron chi connectivity index (χ1n) is 8.31. The number of nitrogens with zero attached hydrogens (tertiary/aromatic N) is 3. The molecular weight excluding hydrogens is 344 g/mol. The molecule has 3 rings (SSSR count). The molecule has 7 nitrogen and oxygen atoms in total. The first-order chi connectivity index (χ1) is 13.0. The van der Waals surface area contributed by atoms with E-state index in [1.165, 1.54) is 30.3 Å². The van der Waals surface area contributed by atoms with Gasteiger partial charge in [0.25, 0.3) is 5.69 Å². The van der Waals surface area contributed by atoms with E-state index in [-0.39, 0.29) is 11.6 Å². The summed E-state index contributed by atoms with van der Waals surface area (Å²) >= 11 is 0. The second kappa shape index (κ2) is 7.65. The van der Waals surface area contributed by atoms with Crippen molar-refractivity contribution in [1.29, 1.82) is 0 Å². The van der Waals surface area contributed by atoms with E-state index in [0.29, 0.717) is 5.69 Å². The number of aromatic nitrogens is 2. The van der Waals surface area contributed by atoms with Crippen molar-refractivity contribution >= 4 is 23.4 Å². The van der Waals surface area contributed by atoms with Gasteiger partial charge in [-0.15, -0.1) is 0 Å². The molecule has 3 aromatic rings. The zero-order valence-corrected chi connectivity index (χ0v) is 14.9. The van der Waals surface area contributed by atoms with Gasteiger partial charge < -0.3 is 5.32 Å². The molecular formula is C20H18N4O3. The number of anilines is 1. The number of hydrogen-bond donors (Lipinski definition) is 1. The van der Waals surface area contributed by atoms with Crippen molar-refractivity contribution < 1.29 is 9.72 Å². The minimum atomic E-state index is -0.485. The van der Waals surface area contributed by atoms with E-state index < -0.39 is 4.92 Å². The Kier molecular flexibility index (Phi) is 5.12. The van der Waals surface area contributed by atoms with Crippen molar-refractivity contribution in [2.75, 3.05) is 5.32 Å². The molecule has 0 aliphatic carbocycles. The van der Waals surface area contributed by atoms with Crippen LogP contribution in [0, 0.1) is 24.0 Å². The Morgan fingerprint density at radius 1 is 1.11 bits per heavy atom. The zero-order chi connectivity index (χ0) is 19.4. The number of amides is 1. The molecule has 7 heteroatoms. The number of benzene rings is 2. The third kappa shape index (κ3) is 4.09. The number of para-hydroxylation sites is 1. The molecule has 27 heavy (non-hydrogen) atoms. The molecule has 0 bridgehead atoms. The third-order valence-electron chi connectivity index (χ3n) is 4.10. The molecule has 0 saturated carbocycles. The van der Waals surface area contributed by atoms with Gasteiger partial charge in [0.15, 0.2) is 0 Å². The van der Waals surface area contributed by atoms with Crippen LogP contribution in [0.15, 0.2) is 60.7 Å². The lowest BCUT2D eigenvalue weighted by atomic mass is 10.2. The SMILES string of the molecule is Cc1nn(-c2ccccc2)c(C)c1/C=C/C(=O)Nc1ccc([N+](=O)[O-])cc1. The zero-order valence-electron chi connectivity index (χ0n) is 14.9. The van der Waals surface area contributed by atoms with Crippen molar-refractivity contribution in [2.24, 2.45) is 0 Å². The van der Waals surface area contributed by atoms with Crippen molar-refractivity contribution in [3.8, 4) is 5.69 Å². The fourth-order valence-electron chi connectivity index (χ4n) is 2.73. The molecule has 0 saturated heterocycles. The van der Waals surface area contributed by atoms with Crippen LogP contribution in [0.2, 0.25) is 0 Å². The Morgan fingerprint density at radius 2 is 1.78 bits per heavy atom. The molecule has 136 valence electrons. The Morgan fingerprint density at radius 3 is 2.41 bits per heavy atom. The van der Waals surface area contributed by atoms with E-state index in [9.17, 15) is 14.9 Å². The van der Waals surface area contributed by atoms with Crippen LogP contribution in [0.3, 0.4) is 0 Å². The van der Waals surface area contributed by atoms with E-state index in [1.54, 1.807) is 6.08 Å². The van der Waals surface area contributed by atoms with E-state index in [4.69, 9.17) is 0 Å². The van der Waals surface area contributed by atoms with E-state index >= 15 is 0 Å². The molecule has 0 radical (unpaired) electrons. The van der Waals surface area contributed by atoms with Gasteiger partial charge in [-0.2, -0.15) is 5.10 Å². The van der Waals surface area contributed by atoms with Crippen LogP contribution in [0.5, 0.6) is 0 Å². The molecule has 1 N–H and O–H groups in total. The van der Waals surface area contributed by atoms with E-state index in [0.717, 1.165) is 22.6 Å². The van der Waals surface area contributed by atoms with E-state index in [2.05, 4.69) is 10.4 Å². The minimum Gasteiger partial charge on any atom is -0.323 e. The standard InChI is InChI=1S/C20H18N4O3/c1-14-19(15(2)23(22-14)17-6-4-3-5-7-17)12-13-20(25)21-16-8-10-18(11-9-16)24(26)27/h3-13H,1-2H3,(H,21,25)/b13-12+. The maximum Gasteiger partial charge on any atom is 0.269 e. The molecule has 0 spiro atoms. The summed E-state index contributed by atoms with van der Waals surface area (Å²) in [6, 6.07) is 15.4. The maximum atomic E-state index is 12.1. The smallest absolute Gasteiger partial charge is 0.269 e. The van der Waals surface area contributed by atoms with Crippen molar-refractivity contribution in [3.05, 3.63) is 87.7 Å². The lowest BCUT2D eigenvalue weighted by Crippen LogP contribution is -2.07. The Bertz CT molecular complexity index is 1010. The molecule has 1 aromatic heterocycles. The summed E-state index contributed by atoms with van der Waals surface area (Å²) < 4.78 is 1.84. The van der Waals surface area contributed by atoms with Crippen LogP contribution < -0.4 is 5.32 Å². The lowest BCUT2D eigenvalue weighted by molar-refractivity contribution is -0.384. The number of carbonyl (C=O) groups excluding carboxylic acids is 1. The molecule has 0 fully saturated rings. The van der Waals surface area contributed by atoms with Gasteiger partial charge in [-0.25, -0.2) is 4.68 Å². The fourth-order valence-corrected chi connectivity index (χ4v) is 2.73. The number of hydrogen-bond acceptors (Lipinski definition) is 4. The topological polar surface area (TPSA) is 90.1 Å². The monoisotopic (exact) mass is 362 g/mol. The number of nitro benzene ring substituents is 1. The first-order valence-corrected chi connectivity index (χ1v) is 8.31. The number of aryl methyl sites for hydroxylation is 1. The highest BCUT2D eigenvalue weighted by atomic mass is 16.6. The number of carbonyl (C=O) groups is 1. The Hall–Kier alpha value is -3.74. The number of nitrogens with one attached hydrogen (secondary N) is 1. The lowest BCUT2D eigenvalue weighted by Gasteiger charge is -2.04. The molecule has 0 atom stereocenters. The van der Waals surface area contributed by atoms with E-state index in [1.807, 2.05) is 48.9 Å². The highest BCUT2D eigenvalue weighted by Gasteiger charge is 2.11. The average molecular weight is 362 g/mol. The fraction of sp³-hybridized carbons (Fsp3) is 0.100. The maximum absolute atomic E-state index is 12.1. The molecule has 1 amide bonds. The molecule has 0 unspecified atom stereocenters. The Labute approximate surface area is 156 Å². The normalized spacial score (nSPS) is 10.9. The number of non-ortho nitro benzene ring substituents is 1. The largest absolute Gasteiger partial charge is 0.323 e.